The third-order valence-corrected chi connectivity index (χ3v) is 2.09. The van der Waals surface area contributed by atoms with E-state index >= 15 is 0 Å². The van der Waals surface area contributed by atoms with Crippen molar-refractivity contribution < 1.29 is 23.5 Å². The van der Waals surface area contributed by atoms with Gasteiger partial charge in [-0.1, -0.05) is 0 Å². The minimum absolute atomic E-state index is 0.0692. The Hall–Kier alpha value is -1.95. The molecule has 0 aliphatic heterocycles. The van der Waals surface area contributed by atoms with Gasteiger partial charge in [0.25, 0.3) is 5.91 Å². The molecule has 0 fully saturated rings. The van der Waals surface area contributed by atoms with Crippen LogP contribution in [-0.4, -0.2) is 39.1 Å². The summed E-state index contributed by atoms with van der Waals surface area (Å²) in [5.74, 6) is -0.699. The molecule has 0 spiro atoms. The summed E-state index contributed by atoms with van der Waals surface area (Å²) in [6.45, 7) is 0.542. The zero-order chi connectivity index (χ0) is 13.4. The van der Waals surface area contributed by atoms with Gasteiger partial charge in [-0.05, 0) is 18.2 Å². The fourth-order valence-electron chi connectivity index (χ4n) is 1.23. The number of carbonyl (C=O) groups is 2. The van der Waals surface area contributed by atoms with Gasteiger partial charge in [0.1, 0.15) is 11.6 Å². The molecule has 0 aromatic heterocycles. The van der Waals surface area contributed by atoms with Crippen molar-refractivity contribution in [3.63, 3.8) is 0 Å². The predicted octanol–water partition coefficient (Wildman–Crippen LogP) is 0.780. The van der Waals surface area contributed by atoms with E-state index in [2.05, 4.69) is 5.32 Å². The molecule has 0 unspecified atom stereocenters. The summed E-state index contributed by atoms with van der Waals surface area (Å²) in [6.07, 6.45) is 0.473. The first-order chi connectivity index (χ1) is 8.67. The van der Waals surface area contributed by atoms with Gasteiger partial charge in [0, 0.05) is 13.7 Å². The molecule has 6 heteroatoms. The van der Waals surface area contributed by atoms with Gasteiger partial charge < -0.3 is 14.8 Å². The van der Waals surface area contributed by atoms with Crippen molar-refractivity contribution in [3.8, 4) is 5.75 Å². The van der Waals surface area contributed by atoms with Gasteiger partial charge in [0.15, 0.2) is 12.9 Å². The molecule has 0 saturated heterocycles. The molecule has 0 saturated carbocycles. The number of hydrogen-bond acceptors (Lipinski definition) is 4. The Morgan fingerprint density at radius 2 is 2.28 bits per heavy atom. The number of nitrogens with one attached hydrogen (secondary N) is 1. The summed E-state index contributed by atoms with van der Waals surface area (Å²) < 4.78 is 22.7. The molecular weight excluding hydrogens is 241 g/mol. The number of rotatable bonds is 7. The molecule has 1 amide bonds. The van der Waals surface area contributed by atoms with Crippen LogP contribution in [0.15, 0.2) is 18.2 Å². The summed E-state index contributed by atoms with van der Waals surface area (Å²) in [7, 11) is 1.53. The van der Waals surface area contributed by atoms with Crippen molar-refractivity contribution in [2.24, 2.45) is 0 Å². The van der Waals surface area contributed by atoms with Crippen LogP contribution in [0.4, 0.5) is 4.39 Å². The summed E-state index contributed by atoms with van der Waals surface area (Å²) in [5, 5.41) is 2.55. The number of ether oxygens (including phenoxy) is 2. The Labute approximate surface area is 104 Å². The van der Waals surface area contributed by atoms with Crippen molar-refractivity contribution >= 4 is 12.2 Å². The summed E-state index contributed by atoms with van der Waals surface area (Å²) in [4.78, 5) is 22.0. The van der Waals surface area contributed by atoms with Crippen molar-refractivity contribution in [2.45, 2.75) is 0 Å². The second kappa shape index (κ2) is 7.39. The average molecular weight is 255 g/mol. The van der Waals surface area contributed by atoms with Gasteiger partial charge in [-0.25, -0.2) is 4.39 Å². The molecule has 5 nitrogen and oxygen atoms in total. The lowest BCUT2D eigenvalue weighted by molar-refractivity contribution is -0.123. The lowest BCUT2D eigenvalue weighted by Crippen LogP contribution is -2.31. The summed E-state index contributed by atoms with van der Waals surface area (Å²) in [5.41, 5.74) is 0.0692. The van der Waals surface area contributed by atoms with Crippen LogP contribution in [0.3, 0.4) is 0 Å². The van der Waals surface area contributed by atoms with Crippen molar-refractivity contribution in [3.05, 3.63) is 29.6 Å². The molecule has 1 N–H and O–H groups in total. The van der Waals surface area contributed by atoms with Gasteiger partial charge in [0.05, 0.1) is 12.2 Å². The van der Waals surface area contributed by atoms with E-state index in [0.717, 1.165) is 12.1 Å². The van der Waals surface area contributed by atoms with Crippen LogP contribution in [0.2, 0.25) is 0 Å². The molecule has 18 heavy (non-hydrogen) atoms. The molecule has 1 rings (SSSR count). The van der Waals surface area contributed by atoms with Crippen molar-refractivity contribution in [1.29, 1.82) is 0 Å². The number of halogens is 1. The van der Waals surface area contributed by atoms with Crippen LogP contribution in [0, 0.1) is 5.82 Å². The standard InChI is InChI=1S/C12H14FNO4/c1-17-5-4-14-12(16)8-18-11-3-2-10(13)6-9(11)7-15/h2-3,6-7H,4-5,8H2,1H3,(H,14,16). The molecule has 0 aliphatic carbocycles. The van der Waals surface area contributed by atoms with Crippen LogP contribution >= 0.6 is 0 Å². The Bertz CT molecular complexity index is 423. The van der Waals surface area contributed by atoms with E-state index in [1.807, 2.05) is 0 Å². The molecule has 0 bridgehead atoms. The minimum atomic E-state index is -0.533. The zero-order valence-corrected chi connectivity index (χ0v) is 9.94. The average Bonchev–Trinajstić information content (AvgIpc) is 2.37. The van der Waals surface area contributed by atoms with Crippen LogP contribution in [0.25, 0.3) is 0 Å². The van der Waals surface area contributed by atoms with E-state index in [1.165, 1.54) is 13.2 Å². The highest BCUT2D eigenvalue weighted by atomic mass is 19.1. The molecule has 0 atom stereocenters. The summed E-state index contributed by atoms with van der Waals surface area (Å²) >= 11 is 0. The van der Waals surface area contributed by atoms with Crippen LogP contribution < -0.4 is 10.1 Å². The molecular formula is C12H14FNO4. The van der Waals surface area contributed by atoms with Crippen LogP contribution in [0.1, 0.15) is 10.4 Å². The first-order valence-corrected chi connectivity index (χ1v) is 5.30. The van der Waals surface area contributed by atoms with E-state index in [4.69, 9.17) is 9.47 Å². The molecule has 98 valence electrons. The third-order valence-electron chi connectivity index (χ3n) is 2.09. The van der Waals surface area contributed by atoms with Gasteiger partial charge in [-0.15, -0.1) is 0 Å². The van der Waals surface area contributed by atoms with Crippen LogP contribution in [-0.2, 0) is 9.53 Å². The fourth-order valence-corrected chi connectivity index (χ4v) is 1.23. The number of amides is 1. The first kappa shape index (κ1) is 14.1. The minimum Gasteiger partial charge on any atom is -0.483 e. The van der Waals surface area contributed by atoms with Gasteiger partial charge >= 0.3 is 0 Å². The number of benzene rings is 1. The zero-order valence-electron chi connectivity index (χ0n) is 9.94. The lowest BCUT2D eigenvalue weighted by atomic mass is 10.2. The Morgan fingerprint density at radius 3 is 2.94 bits per heavy atom. The largest absolute Gasteiger partial charge is 0.483 e. The monoisotopic (exact) mass is 255 g/mol. The van der Waals surface area contributed by atoms with E-state index in [-0.39, 0.29) is 23.8 Å². The second-order valence-corrected chi connectivity index (χ2v) is 3.43. The SMILES string of the molecule is COCCNC(=O)COc1ccc(F)cc1C=O. The molecule has 0 heterocycles. The van der Waals surface area contributed by atoms with E-state index in [0.29, 0.717) is 19.4 Å². The Balaban J connectivity index is 2.48. The normalized spacial score (nSPS) is 9.89. The Morgan fingerprint density at radius 1 is 1.50 bits per heavy atom. The number of methoxy groups -OCH3 is 1. The maximum absolute atomic E-state index is 12.8. The van der Waals surface area contributed by atoms with E-state index in [9.17, 15) is 14.0 Å². The van der Waals surface area contributed by atoms with Crippen molar-refractivity contribution in [1.82, 2.24) is 5.32 Å². The smallest absolute Gasteiger partial charge is 0.258 e. The van der Waals surface area contributed by atoms with Crippen molar-refractivity contribution in [2.75, 3.05) is 26.9 Å². The first-order valence-electron chi connectivity index (χ1n) is 5.30. The van der Waals surface area contributed by atoms with E-state index < -0.39 is 5.82 Å². The lowest BCUT2D eigenvalue weighted by Gasteiger charge is -2.08. The molecule has 1 aromatic carbocycles. The second-order valence-electron chi connectivity index (χ2n) is 3.43. The highest BCUT2D eigenvalue weighted by Gasteiger charge is 2.07. The number of hydrogen-bond donors (Lipinski definition) is 1. The number of aldehydes is 1. The summed E-state index contributed by atoms with van der Waals surface area (Å²) in [6, 6.07) is 3.51. The highest BCUT2D eigenvalue weighted by Crippen LogP contribution is 2.17. The Kier molecular flexibility index (Phi) is 5.79. The van der Waals surface area contributed by atoms with Gasteiger partial charge in [0.2, 0.25) is 0 Å². The molecule has 1 aromatic rings. The van der Waals surface area contributed by atoms with E-state index in [1.54, 1.807) is 0 Å². The highest BCUT2D eigenvalue weighted by molar-refractivity contribution is 5.80. The molecule has 0 aliphatic rings. The van der Waals surface area contributed by atoms with Gasteiger partial charge in [-0.2, -0.15) is 0 Å². The predicted molar refractivity (Wildman–Crippen MR) is 62.2 cm³/mol. The molecule has 0 radical (unpaired) electrons. The fraction of sp³-hybridized carbons (Fsp3) is 0.333. The topological polar surface area (TPSA) is 64.6 Å². The van der Waals surface area contributed by atoms with Crippen LogP contribution in [0.5, 0.6) is 5.75 Å². The maximum atomic E-state index is 12.8. The maximum Gasteiger partial charge on any atom is 0.258 e. The van der Waals surface area contributed by atoms with Gasteiger partial charge in [-0.3, -0.25) is 9.59 Å². The quantitative estimate of drug-likeness (QED) is 0.577. The number of carbonyl (C=O) groups excluding carboxylic acids is 2. The third kappa shape index (κ3) is 4.50.